The lowest BCUT2D eigenvalue weighted by molar-refractivity contribution is 0.0785. The summed E-state index contributed by atoms with van der Waals surface area (Å²) in [6, 6.07) is 15.2. The van der Waals surface area contributed by atoms with Gasteiger partial charge in [-0.15, -0.1) is 0 Å². The molecule has 0 aliphatic carbocycles. The van der Waals surface area contributed by atoms with E-state index in [2.05, 4.69) is 4.98 Å². The zero-order chi connectivity index (χ0) is 14.8. The topological polar surface area (TPSA) is 36.1 Å². The third-order valence-corrected chi connectivity index (χ3v) is 3.69. The van der Waals surface area contributed by atoms with Crippen LogP contribution in [0.2, 0.25) is 5.02 Å². The highest BCUT2D eigenvalue weighted by Crippen LogP contribution is 2.17. The minimum absolute atomic E-state index is 0.00178. The second-order valence-electron chi connectivity index (χ2n) is 5.07. The number of nitrogens with zero attached hydrogens (tertiary/aromatic N) is 1. The molecule has 0 unspecified atom stereocenters. The lowest BCUT2D eigenvalue weighted by Crippen LogP contribution is -2.26. The van der Waals surface area contributed by atoms with Crippen LogP contribution in [0.5, 0.6) is 0 Å². The summed E-state index contributed by atoms with van der Waals surface area (Å²) in [5, 5.41) is 1.72. The van der Waals surface area contributed by atoms with Crippen LogP contribution in [0, 0.1) is 0 Å². The van der Waals surface area contributed by atoms with Gasteiger partial charge in [-0.05, 0) is 42.0 Å². The molecule has 0 aliphatic rings. The molecule has 4 heteroatoms. The summed E-state index contributed by atoms with van der Waals surface area (Å²) in [7, 11) is 1.80. The van der Waals surface area contributed by atoms with Gasteiger partial charge in [-0.1, -0.05) is 23.7 Å². The fourth-order valence-electron chi connectivity index (χ4n) is 2.39. The van der Waals surface area contributed by atoms with E-state index in [0.717, 1.165) is 16.5 Å². The standard InChI is InChI=1S/C17H15ClN2O/c1-20(11-12-3-2-4-15(18)9-12)17(21)14-5-6-16-13(10-14)7-8-19-16/h2-10,19H,11H2,1H3. The molecule has 0 bridgehead atoms. The molecule has 0 aliphatic heterocycles. The molecular weight excluding hydrogens is 284 g/mol. The zero-order valence-electron chi connectivity index (χ0n) is 11.6. The molecular formula is C17H15ClN2O. The quantitative estimate of drug-likeness (QED) is 0.776. The van der Waals surface area contributed by atoms with E-state index in [4.69, 9.17) is 11.6 Å². The van der Waals surface area contributed by atoms with Gasteiger partial charge >= 0.3 is 0 Å². The monoisotopic (exact) mass is 298 g/mol. The third kappa shape index (κ3) is 2.93. The number of fused-ring (bicyclic) bond motifs is 1. The van der Waals surface area contributed by atoms with Gasteiger partial charge in [0.05, 0.1) is 0 Å². The number of aromatic nitrogens is 1. The van der Waals surface area contributed by atoms with Crippen LogP contribution in [0.3, 0.4) is 0 Å². The highest BCUT2D eigenvalue weighted by molar-refractivity contribution is 6.30. The first kappa shape index (κ1) is 13.7. The van der Waals surface area contributed by atoms with E-state index in [1.165, 1.54) is 0 Å². The first-order chi connectivity index (χ1) is 10.1. The van der Waals surface area contributed by atoms with Crippen molar-refractivity contribution in [3.8, 4) is 0 Å². The van der Waals surface area contributed by atoms with E-state index < -0.39 is 0 Å². The number of carbonyl (C=O) groups excluding carboxylic acids is 1. The van der Waals surface area contributed by atoms with E-state index in [1.54, 1.807) is 11.9 Å². The lowest BCUT2D eigenvalue weighted by atomic mass is 10.1. The molecule has 1 aromatic heterocycles. The number of rotatable bonds is 3. The maximum atomic E-state index is 12.5. The molecule has 3 nitrogen and oxygen atoms in total. The minimum atomic E-state index is -0.00178. The van der Waals surface area contributed by atoms with Crippen LogP contribution in [0.15, 0.2) is 54.7 Å². The number of hydrogen-bond donors (Lipinski definition) is 1. The molecule has 2 aromatic carbocycles. The molecule has 106 valence electrons. The second kappa shape index (κ2) is 5.62. The van der Waals surface area contributed by atoms with Crippen LogP contribution in [0.25, 0.3) is 10.9 Å². The Bertz CT molecular complexity index is 794. The Morgan fingerprint density at radius 1 is 1.19 bits per heavy atom. The largest absolute Gasteiger partial charge is 0.361 e. The molecule has 3 aromatic rings. The Morgan fingerprint density at radius 3 is 2.86 bits per heavy atom. The summed E-state index contributed by atoms with van der Waals surface area (Å²) in [6.07, 6.45) is 1.87. The number of halogens is 1. The van der Waals surface area contributed by atoms with Crippen molar-refractivity contribution >= 4 is 28.4 Å². The van der Waals surface area contributed by atoms with Gasteiger partial charge in [-0.25, -0.2) is 0 Å². The third-order valence-electron chi connectivity index (χ3n) is 3.46. The fourth-order valence-corrected chi connectivity index (χ4v) is 2.60. The van der Waals surface area contributed by atoms with Crippen molar-refractivity contribution in [1.29, 1.82) is 0 Å². The number of carbonyl (C=O) groups is 1. The van der Waals surface area contributed by atoms with Gasteiger partial charge in [0.25, 0.3) is 5.91 Å². The molecule has 1 amide bonds. The van der Waals surface area contributed by atoms with E-state index in [0.29, 0.717) is 17.1 Å². The summed E-state index contributed by atoms with van der Waals surface area (Å²) in [5.74, 6) is -0.00178. The average molecular weight is 299 g/mol. The van der Waals surface area contributed by atoms with Crippen LogP contribution >= 0.6 is 11.6 Å². The van der Waals surface area contributed by atoms with Crippen LogP contribution < -0.4 is 0 Å². The van der Waals surface area contributed by atoms with Crippen LogP contribution in [-0.4, -0.2) is 22.8 Å². The molecule has 0 saturated carbocycles. The zero-order valence-corrected chi connectivity index (χ0v) is 12.4. The summed E-state index contributed by atoms with van der Waals surface area (Å²) < 4.78 is 0. The summed E-state index contributed by atoms with van der Waals surface area (Å²) >= 11 is 5.97. The lowest BCUT2D eigenvalue weighted by Gasteiger charge is -2.17. The van der Waals surface area contributed by atoms with Gasteiger partial charge in [-0.3, -0.25) is 4.79 Å². The van der Waals surface area contributed by atoms with Crippen LogP contribution in [0.1, 0.15) is 15.9 Å². The number of benzene rings is 2. The van der Waals surface area contributed by atoms with Crippen molar-refractivity contribution in [2.45, 2.75) is 6.54 Å². The van der Waals surface area contributed by atoms with Crippen molar-refractivity contribution in [3.05, 3.63) is 70.9 Å². The predicted molar refractivity (Wildman–Crippen MR) is 85.5 cm³/mol. The number of amides is 1. The molecule has 0 atom stereocenters. The summed E-state index contributed by atoms with van der Waals surface area (Å²) in [5.41, 5.74) is 2.73. The van der Waals surface area contributed by atoms with Crippen molar-refractivity contribution < 1.29 is 4.79 Å². The Hall–Kier alpha value is -2.26. The van der Waals surface area contributed by atoms with E-state index >= 15 is 0 Å². The van der Waals surface area contributed by atoms with Gasteiger partial charge in [0.15, 0.2) is 0 Å². The van der Waals surface area contributed by atoms with Crippen LogP contribution in [0.4, 0.5) is 0 Å². The Labute approximate surface area is 128 Å². The molecule has 0 radical (unpaired) electrons. The number of H-pyrrole nitrogens is 1. The Morgan fingerprint density at radius 2 is 2.05 bits per heavy atom. The highest BCUT2D eigenvalue weighted by Gasteiger charge is 2.12. The van der Waals surface area contributed by atoms with Crippen molar-refractivity contribution in [2.24, 2.45) is 0 Å². The Kier molecular flexibility index (Phi) is 3.67. The van der Waals surface area contributed by atoms with E-state index in [1.807, 2.05) is 54.7 Å². The van der Waals surface area contributed by atoms with Crippen molar-refractivity contribution in [3.63, 3.8) is 0 Å². The normalized spacial score (nSPS) is 10.8. The molecule has 21 heavy (non-hydrogen) atoms. The average Bonchev–Trinajstić information content (AvgIpc) is 2.93. The molecule has 1 N–H and O–H groups in total. The van der Waals surface area contributed by atoms with Gasteiger partial charge < -0.3 is 9.88 Å². The molecule has 3 rings (SSSR count). The fraction of sp³-hybridized carbons (Fsp3) is 0.118. The summed E-state index contributed by atoms with van der Waals surface area (Å²) in [4.78, 5) is 17.3. The van der Waals surface area contributed by atoms with E-state index in [9.17, 15) is 4.79 Å². The maximum Gasteiger partial charge on any atom is 0.253 e. The molecule has 0 saturated heterocycles. The number of nitrogens with one attached hydrogen (secondary N) is 1. The molecule has 0 spiro atoms. The predicted octanol–water partition coefficient (Wildman–Crippen LogP) is 4.09. The number of hydrogen-bond acceptors (Lipinski definition) is 1. The van der Waals surface area contributed by atoms with E-state index in [-0.39, 0.29) is 5.91 Å². The van der Waals surface area contributed by atoms with Gasteiger partial charge in [0.1, 0.15) is 0 Å². The van der Waals surface area contributed by atoms with Gasteiger partial charge in [0.2, 0.25) is 0 Å². The highest BCUT2D eigenvalue weighted by atomic mass is 35.5. The van der Waals surface area contributed by atoms with Crippen molar-refractivity contribution in [1.82, 2.24) is 9.88 Å². The van der Waals surface area contributed by atoms with Crippen LogP contribution in [-0.2, 0) is 6.54 Å². The first-order valence-electron chi connectivity index (χ1n) is 6.70. The maximum absolute atomic E-state index is 12.5. The first-order valence-corrected chi connectivity index (χ1v) is 7.08. The number of aromatic amines is 1. The minimum Gasteiger partial charge on any atom is -0.361 e. The van der Waals surface area contributed by atoms with Gasteiger partial charge in [0, 0.05) is 41.3 Å². The SMILES string of the molecule is CN(Cc1cccc(Cl)c1)C(=O)c1ccc2[nH]ccc2c1. The van der Waals surface area contributed by atoms with Gasteiger partial charge in [-0.2, -0.15) is 0 Å². The summed E-state index contributed by atoms with van der Waals surface area (Å²) in [6.45, 7) is 0.532. The molecule has 1 heterocycles. The van der Waals surface area contributed by atoms with Crippen molar-refractivity contribution in [2.75, 3.05) is 7.05 Å². The second-order valence-corrected chi connectivity index (χ2v) is 5.51. The smallest absolute Gasteiger partial charge is 0.253 e. The Balaban J connectivity index is 1.80. The molecule has 0 fully saturated rings.